The molecule has 5 heteroatoms. The molecule has 0 unspecified atom stereocenters. The molecule has 2 aliphatic heterocycles. The first-order chi connectivity index (χ1) is 7.18. The number of hydrogen-bond donors (Lipinski definition) is 1. The summed E-state index contributed by atoms with van der Waals surface area (Å²) in [5, 5.41) is 12.3. The number of hydrogen-bond acceptors (Lipinski definition) is 4. The fourth-order valence-electron chi connectivity index (χ4n) is 2.41. The first kappa shape index (κ1) is 10.8. The van der Waals surface area contributed by atoms with Crippen LogP contribution >= 0.6 is 11.8 Å². The Morgan fingerprint density at radius 1 is 1.80 bits per heavy atom. The van der Waals surface area contributed by atoms with E-state index in [-0.39, 0.29) is 17.3 Å². The van der Waals surface area contributed by atoms with Gasteiger partial charge in [0.1, 0.15) is 11.6 Å². The van der Waals surface area contributed by atoms with Crippen LogP contribution in [0.5, 0.6) is 0 Å². The third kappa shape index (κ3) is 1.35. The molecule has 0 radical (unpaired) electrons. The smallest absolute Gasteiger partial charge is 0.244 e. The molecule has 0 aromatic carbocycles. The zero-order valence-electron chi connectivity index (χ0n) is 8.99. The maximum atomic E-state index is 12.2. The van der Waals surface area contributed by atoms with E-state index in [1.54, 1.807) is 16.7 Å². The van der Waals surface area contributed by atoms with Gasteiger partial charge in [0.25, 0.3) is 0 Å². The number of amides is 1. The largest absolute Gasteiger partial charge is 0.312 e. The number of fused-ring (bicyclic) bond motifs is 1. The summed E-state index contributed by atoms with van der Waals surface area (Å²) in [5.74, 6) is 0.866. The first-order valence-electron chi connectivity index (χ1n) is 5.21. The van der Waals surface area contributed by atoms with Crippen LogP contribution in [-0.4, -0.2) is 40.6 Å². The van der Waals surface area contributed by atoms with Gasteiger partial charge in [-0.15, -0.1) is 11.8 Å². The summed E-state index contributed by atoms with van der Waals surface area (Å²) in [6, 6.07) is 1.98. The van der Waals surface area contributed by atoms with Crippen LogP contribution in [0.4, 0.5) is 0 Å². The highest BCUT2D eigenvalue weighted by atomic mass is 32.2. The maximum absolute atomic E-state index is 12.2. The van der Waals surface area contributed by atoms with Gasteiger partial charge in [-0.2, -0.15) is 5.26 Å². The molecule has 0 spiro atoms. The molecule has 15 heavy (non-hydrogen) atoms. The van der Waals surface area contributed by atoms with Gasteiger partial charge < -0.3 is 10.2 Å². The predicted octanol–water partition coefficient (Wildman–Crippen LogP) is 0.552. The highest BCUT2D eigenvalue weighted by Gasteiger charge is 2.54. The number of thioether (sulfide) groups is 1. The van der Waals surface area contributed by atoms with Crippen molar-refractivity contribution in [1.82, 2.24) is 10.2 Å². The van der Waals surface area contributed by atoms with Gasteiger partial charge in [-0.25, -0.2) is 0 Å². The van der Waals surface area contributed by atoms with Crippen molar-refractivity contribution in [2.24, 2.45) is 0 Å². The third-order valence-corrected chi connectivity index (χ3v) is 4.78. The summed E-state index contributed by atoms with van der Waals surface area (Å²) < 4.78 is 0. The number of nitrogens with zero attached hydrogens (tertiary/aromatic N) is 2. The van der Waals surface area contributed by atoms with Crippen LogP contribution in [0, 0.1) is 11.3 Å². The van der Waals surface area contributed by atoms with E-state index >= 15 is 0 Å². The third-order valence-electron chi connectivity index (χ3n) is 3.49. The van der Waals surface area contributed by atoms with Crippen molar-refractivity contribution < 1.29 is 4.79 Å². The van der Waals surface area contributed by atoms with E-state index in [0.717, 1.165) is 18.6 Å². The standard InChI is InChI=1S/C10H15N3OS/c1-3-10(12-2)4-8-13(9(10)14)7(5-11)6-15-8/h7-8,12H,3-4,6H2,1-2H3/t7-,8+,10-/m1/s1. The number of nitriles is 1. The van der Waals surface area contributed by atoms with Crippen LogP contribution < -0.4 is 5.32 Å². The molecule has 4 nitrogen and oxygen atoms in total. The molecule has 2 aliphatic rings. The fourth-order valence-corrected chi connectivity index (χ4v) is 3.85. The average molecular weight is 225 g/mol. The quantitative estimate of drug-likeness (QED) is 0.745. The van der Waals surface area contributed by atoms with Gasteiger partial charge in [0.15, 0.2) is 0 Å². The van der Waals surface area contributed by atoms with Gasteiger partial charge in [0.2, 0.25) is 5.91 Å². The van der Waals surface area contributed by atoms with Crippen molar-refractivity contribution in [3.05, 3.63) is 0 Å². The van der Waals surface area contributed by atoms with Gasteiger partial charge in [-0.1, -0.05) is 6.92 Å². The summed E-state index contributed by atoms with van der Waals surface area (Å²) in [6.45, 7) is 2.02. The molecular weight excluding hydrogens is 210 g/mol. The zero-order chi connectivity index (χ0) is 11.1. The molecule has 2 heterocycles. The van der Waals surface area contributed by atoms with E-state index in [4.69, 9.17) is 5.26 Å². The molecule has 1 amide bonds. The molecule has 3 atom stereocenters. The molecule has 1 N–H and O–H groups in total. The molecule has 2 saturated heterocycles. The summed E-state index contributed by atoms with van der Waals surface area (Å²) >= 11 is 1.73. The van der Waals surface area contributed by atoms with Crippen molar-refractivity contribution in [3.63, 3.8) is 0 Å². The predicted molar refractivity (Wildman–Crippen MR) is 59.2 cm³/mol. The number of rotatable bonds is 2. The van der Waals surface area contributed by atoms with E-state index in [2.05, 4.69) is 11.4 Å². The minimum absolute atomic E-state index is 0.106. The SMILES string of the molecule is CC[C@@]1(NC)C[C@@H]2SC[C@@H](C#N)N2C1=O. The van der Waals surface area contributed by atoms with E-state index in [1.165, 1.54) is 0 Å². The van der Waals surface area contributed by atoms with Crippen molar-refractivity contribution in [3.8, 4) is 6.07 Å². The van der Waals surface area contributed by atoms with Crippen LogP contribution in [0.1, 0.15) is 19.8 Å². The number of carbonyl (C=O) groups is 1. The summed E-state index contributed by atoms with van der Waals surface area (Å²) in [5.41, 5.74) is -0.423. The normalized spacial score (nSPS) is 39.3. The molecule has 0 aromatic rings. The van der Waals surface area contributed by atoms with Gasteiger partial charge in [-0.3, -0.25) is 4.79 Å². The Kier molecular flexibility index (Phi) is 2.65. The second-order valence-corrected chi connectivity index (χ2v) is 5.25. The Labute approximate surface area is 94.0 Å². The first-order valence-corrected chi connectivity index (χ1v) is 6.26. The molecule has 0 aliphatic carbocycles. The van der Waals surface area contributed by atoms with Gasteiger partial charge >= 0.3 is 0 Å². The van der Waals surface area contributed by atoms with Crippen molar-refractivity contribution >= 4 is 17.7 Å². The Morgan fingerprint density at radius 3 is 3.07 bits per heavy atom. The maximum Gasteiger partial charge on any atom is 0.244 e. The van der Waals surface area contributed by atoms with Crippen LogP contribution in [0.3, 0.4) is 0 Å². The van der Waals surface area contributed by atoms with Crippen LogP contribution in [0.2, 0.25) is 0 Å². The second kappa shape index (κ2) is 3.69. The summed E-state index contributed by atoms with van der Waals surface area (Å²) in [6.07, 6.45) is 1.61. The molecule has 0 aromatic heterocycles. The Morgan fingerprint density at radius 2 is 2.53 bits per heavy atom. The summed E-state index contributed by atoms with van der Waals surface area (Å²) in [4.78, 5) is 14.0. The minimum Gasteiger partial charge on any atom is -0.312 e. The highest BCUT2D eigenvalue weighted by Crippen LogP contribution is 2.42. The fraction of sp³-hybridized carbons (Fsp3) is 0.800. The number of nitrogens with one attached hydrogen (secondary N) is 1. The molecular formula is C10H15N3OS. The zero-order valence-corrected chi connectivity index (χ0v) is 9.80. The van der Waals surface area contributed by atoms with Crippen LogP contribution in [0.15, 0.2) is 0 Å². The molecule has 0 bridgehead atoms. The van der Waals surface area contributed by atoms with Gasteiger partial charge in [0, 0.05) is 12.2 Å². The highest BCUT2D eigenvalue weighted by molar-refractivity contribution is 8.00. The summed E-state index contributed by atoms with van der Waals surface area (Å²) in [7, 11) is 1.83. The Bertz CT molecular complexity index is 321. The lowest BCUT2D eigenvalue weighted by Gasteiger charge is -2.26. The van der Waals surface area contributed by atoms with E-state index in [1.807, 2.05) is 14.0 Å². The lowest BCUT2D eigenvalue weighted by molar-refractivity contribution is -0.134. The average Bonchev–Trinajstić information content (AvgIpc) is 2.77. The van der Waals surface area contributed by atoms with Gasteiger partial charge in [0.05, 0.1) is 11.4 Å². The van der Waals surface area contributed by atoms with Crippen molar-refractivity contribution in [2.45, 2.75) is 36.7 Å². The van der Waals surface area contributed by atoms with E-state index in [0.29, 0.717) is 0 Å². The van der Waals surface area contributed by atoms with Crippen molar-refractivity contribution in [1.29, 1.82) is 5.26 Å². The molecule has 2 rings (SSSR count). The lowest BCUT2D eigenvalue weighted by Crippen LogP contribution is -2.51. The number of likely N-dealkylation sites (N-methyl/N-ethyl adjacent to an activating group) is 1. The van der Waals surface area contributed by atoms with Crippen LogP contribution in [0.25, 0.3) is 0 Å². The minimum atomic E-state index is -0.423. The van der Waals surface area contributed by atoms with Crippen molar-refractivity contribution in [2.75, 3.05) is 12.8 Å². The molecule has 2 fully saturated rings. The molecule has 82 valence electrons. The molecule has 0 saturated carbocycles. The second-order valence-electron chi connectivity index (χ2n) is 4.04. The van der Waals surface area contributed by atoms with E-state index < -0.39 is 5.54 Å². The van der Waals surface area contributed by atoms with E-state index in [9.17, 15) is 4.79 Å². The van der Waals surface area contributed by atoms with Crippen LogP contribution in [-0.2, 0) is 4.79 Å². The topological polar surface area (TPSA) is 56.1 Å². The Balaban J connectivity index is 2.27. The van der Waals surface area contributed by atoms with Gasteiger partial charge in [-0.05, 0) is 13.5 Å². The number of carbonyl (C=O) groups excluding carboxylic acids is 1. The monoisotopic (exact) mass is 225 g/mol. The lowest BCUT2D eigenvalue weighted by atomic mass is 9.94. The Hall–Kier alpha value is -0.730.